The number of hydrogen-bond acceptors (Lipinski definition) is 5. The molecule has 2 rings (SSSR count). The highest BCUT2D eigenvalue weighted by molar-refractivity contribution is 6.30. The van der Waals surface area contributed by atoms with E-state index in [4.69, 9.17) is 27.3 Å². The Morgan fingerprint density at radius 1 is 1.35 bits per heavy atom. The third-order valence-corrected chi connectivity index (χ3v) is 3.85. The van der Waals surface area contributed by atoms with E-state index in [-0.39, 0.29) is 5.95 Å². The third-order valence-electron chi connectivity index (χ3n) is 3.54. The van der Waals surface area contributed by atoms with E-state index < -0.39 is 0 Å². The number of methoxy groups -OCH3 is 1. The van der Waals surface area contributed by atoms with Crippen LogP contribution in [0.5, 0.6) is 5.75 Å². The fourth-order valence-corrected chi connectivity index (χ4v) is 2.76. The first kappa shape index (κ1) is 17.0. The first-order valence-corrected chi connectivity index (χ1v) is 7.80. The minimum Gasteiger partial charge on any atom is -0.496 e. The van der Waals surface area contributed by atoms with Gasteiger partial charge in [0.15, 0.2) is 0 Å². The molecule has 6 heteroatoms. The monoisotopic (exact) mass is 330 g/mol. The highest BCUT2D eigenvalue weighted by atomic mass is 35.5. The molecule has 120 valence electrons. The first-order valence-electron chi connectivity index (χ1n) is 7.42. The summed E-state index contributed by atoms with van der Waals surface area (Å²) in [5, 5.41) is 9.25. The van der Waals surface area contributed by atoms with Gasteiger partial charge in [0.2, 0.25) is 5.95 Å². The molecule has 0 saturated heterocycles. The fraction of sp³-hybridized carbons (Fsp3) is 0.353. The van der Waals surface area contributed by atoms with Crippen molar-refractivity contribution >= 4 is 17.5 Å². The molecule has 2 N–H and O–H groups in total. The SMILES string of the molecule is CCCc1nc(N)nc(Cl)c1Cc1cc(CC#N)ccc1OC. The van der Waals surface area contributed by atoms with E-state index in [0.717, 1.165) is 41.0 Å². The van der Waals surface area contributed by atoms with Crippen LogP contribution >= 0.6 is 11.6 Å². The Labute approximate surface area is 141 Å². The molecular formula is C17H19ClN4O. The number of nitrogen functional groups attached to an aromatic ring is 1. The lowest BCUT2D eigenvalue weighted by molar-refractivity contribution is 0.410. The molecular weight excluding hydrogens is 312 g/mol. The molecule has 1 heterocycles. The summed E-state index contributed by atoms with van der Waals surface area (Å²) in [6.45, 7) is 2.07. The number of hydrogen-bond donors (Lipinski definition) is 1. The molecule has 1 aromatic carbocycles. The summed E-state index contributed by atoms with van der Waals surface area (Å²) in [5.74, 6) is 0.939. The van der Waals surface area contributed by atoms with Crippen LogP contribution in [-0.4, -0.2) is 17.1 Å². The van der Waals surface area contributed by atoms with Crippen molar-refractivity contribution in [3.05, 3.63) is 45.7 Å². The number of aromatic nitrogens is 2. The average Bonchev–Trinajstić information content (AvgIpc) is 2.51. The van der Waals surface area contributed by atoms with Gasteiger partial charge in [-0.15, -0.1) is 0 Å². The van der Waals surface area contributed by atoms with E-state index in [1.54, 1.807) is 7.11 Å². The second-order valence-corrected chi connectivity index (χ2v) is 5.56. The van der Waals surface area contributed by atoms with Gasteiger partial charge < -0.3 is 10.5 Å². The quantitative estimate of drug-likeness (QED) is 0.821. The third kappa shape index (κ3) is 4.11. The van der Waals surface area contributed by atoms with E-state index >= 15 is 0 Å². The lowest BCUT2D eigenvalue weighted by atomic mass is 9.99. The van der Waals surface area contributed by atoms with Gasteiger partial charge >= 0.3 is 0 Å². The van der Waals surface area contributed by atoms with Gasteiger partial charge in [-0.2, -0.15) is 5.26 Å². The summed E-state index contributed by atoms with van der Waals surface area (Å²) in [5.41, 5.74) is 9.31. The van der Waals surface area contributed by atoms with Gasteiger partial charge in [0.1, 0.15) is 10.9 Å². The van der Waals surface area contributed by atoms with Gasteiger partial charge in [0, 0.05) is 12.0 Å². The Morgan fingerprint density at radius 3 is 2.78 bits per heavy atom. The maximum Gasteiger partial charge on any atom is 0.221 e. The predicted molar refractivity (Wildman–Crippen MR) is 90.6 cm³/mol. The van der Waals surface area contributed by atoms with Crippen LogP contribution in [0.4, 0.5) is 5.95 Å². The Balaban J connectivity index is 2.46. The van der Waals surface area contributed by atoms with Crippen molar-refractivity contribution in [1.29, 1.82) is 5.26 Å². The zero-order chi connectivity index (χ0) is 16.8. The molecule has 0 fully saturated rings. The van der Waals surface area contributed by atoms with Crippen molar-refractivity contribution in [3.63, 3.8) is 0 Å². The van der Waals surface area contributed by atoms with Gasteiger partial charge in [0.25, 0.3) is 0 Å². The molecule has 0 amide bonds. The molecule has 0 bridgehead atoms. The smallest absolute Gasteiger partial charge is 0.221 e. The van der Waals surface area contributed by atoms with Gasteiger partial charge in [-0.05, 0) is 23.6 Å². The summed E-state index contributed by atoms with van der Waals surface area (Å²) >= 11 is 6.29. The van der Waals surface area contributed by atoms with E-state index in [9.17, 15) is 0 Å². The second-order valence-electron chi connectivity index (χ2n) is 5.21. The van der Waals surface area contributed by atoms with Gasteiger partial charge in [0.05, 0.1) is 25.3 Å². The largest absolute Gasteiger partial charge is 0.496 e. The lowest BCUT2D eigenvalue weighted by Gasteiger charge is -2.14. The minimum atomic E-state index is 0.187. The molecule has 2 aromatic rings. The van der Waals surface area contributed by atoms with Gasteiger partial charge in [-0.3, -0.25) is 0 Å². The number of aryl methyl sites for hydroxylation is 1. The number of benzene rings is 1. The summed E-state index contributed by atoms with van der Waals surface area (Å²) in [6.07, 6.45) is 2.61. The Kier molecular flexibility index (Phi) is 5.78. The molecule has 0 aliphatic rings. The van der Waals surface area contributed by atoms with Crippen molar-refractivity contribution in [2.75, 3.05) is 12.8 Å². The fourth-order valence-electron chi connectivity index (χ4n) is 2.50. The number of halogens is 1. The Morgan fingerprint density at radius 2 is 2.13 bits per heavy atom. The molecule has 0 aliphatic heterocycles. The molecule has 5 nitrogen and oxygen atoms in total. The number of rotatable bonds is 6. The van der Waals surface area contributed by atoms with Crippen LogP contribution in [0.2, 0.25) is 5.15 Å². The van der Waals surface area contributed by atoms with Crippen LogP contribution in [0.3, 0.4) is 0 Å². The highest BCUT2D eigenvalue weighted by Gasteiger charge is 2.15. The highest BCUT2D eigenvalue weighted by Crippen LogP contribution is 2.28. The molecule has 0 saturated carbocycles. The number of nitriles is 1. The lowest BCUT2D eigenvalue weighted by Crippen LogP contribution is -2.07. The number of anilines is 1. The van der Waals surface area contributed by atoms with Gasteiger partial charge in [-0.1, -0.05) is 37.1 Å². The maximum atomic E-state index is 8.88. The molecule has 0 atom stereocenters. The van der Waals surface area contributed by atoms with Crippen LogP contribution in [0.15, 0.2) is 18.2 Å². The summed E-state index contributed by atoms with van der Waals surface area (Å²) in [7, 11) is 1.62. The predicted octanol–water partition coefficient (Wildman–Crippen LogP) is 3.33. The van der Waals surface area contributed by atoms with Crippen molar-refractivity contribution in [2.45, 2.75) is 32.6 Å². The van der Waals surface area contributed by atoms with Crippen molar-refractivity contribution in [2.24, 2.45) is 0 Å². The summed E-state index contributed by atoms with van der Waals surface area (Å²) in [6, 6.07) is 7.87. The molecule has 1 aromatic heterocycles. The number of nitrogens with two attached hydrogens (primary N) is 1. The number of ether oxygens (including phenoxy) is 1. The van der Waals surface area contributed by atoms with Crippen molar-refractivity contribution in [1.82, 2.24) is 9.97 Å². The average molecular weight is 331 g/mol. The molecule has 0 radical (unpaired) electrons. The molecule has 23 heavy (non-hydrogen) atoms. The number of nitrogens with zero attached hydrogens (tertiary/aromatic N) is 3. The van der Waals surface area contributed by atoms with Crippen LogP contribution < -0.4 is 10.5 Å². The van der Waals surface area contributed by atoms with E-state index in [0.29, 0.717) is 18.0 Å². The Bertz CT molecular complexity index is 740. The van der Waals surface area contributed by atoms with Crippen LogP contribution in [0, 0.1) is 11.3 Å². The van der Waals surface area contributed by atoms with Crippen LogP contribution in [0.1, 0.15) is 35.7 Å². The minimum absolute atomic E-state index is 0.187. The van der Waals surface area contributed by atoms with E-state index in [1.165, 1.54) is 0 Å². The second kappa shape index (κ2) is 7.80. The Hall–Kier alpha value is -2.32. The molecule has 0 spiro atoms. The topological polar surface area (TPSA) is 84.8 Å². The van der Waals surface area contributed by atoms with Crippen molar-refractivity contribution in [3.8, 4) is 11.8 Å². The van der Waals surface area contributed by atoms with E-state index in [1.807, 2.05) is 18.2 Å². The van der Waals surface area contributed by atoms with E-state index in [2.05, 4.69) is 23.0 Å². The first-order chi connectivity index (χ1) is 11.1. The zero-order valence-electron chi connectivity index (χ0n) is 13.3. The summed E-state index contributed by atoms with van der Waals surface area (Å²) < 4.78 is 5.42. The maximum absolute atomic E-state index is 8.88. The van der Waals surface area contributed by atoms with Crippen molar-refractivity contribution < 1.29 is 4.74 Å². The molecule has 0 unspecified atom stereocenters. The molecule has 0 aliphatic carbocycles. The zero-order valence-corrected chi connectivity index (χ0v) is 14.0. The van der Waals surface area contributed by atoms with Crippen LogP contribution in [0.25, 0.3) is 0 Å². The van der Waals surface area contributed by atoms with Crippen LogP contribution in [-0.2, 0) is 19.3 Å². The standard InChI is InChI=1S/C17H19ClN4O/c1-3-4-14-13(16(18)22-17(20)21-14)10-12-9-11(7-8-19)5-6-15(12)23-2/h5-6,9H,3-4,7,10H2,1-2H3,(H2,20,21,22). The normalized spacial score (nSPS) is 10.3. The summed E-state index contributed by atoms with van der Waals surface area (Å²) in [4.78, 5) is 8.39. The van der Waals surface area contributed by atoms with Gasteiger partial charge in [-0.25, -0.2) is 9.97 Å².